The SMILES string of the molecule is Nc1nc(-c2cccc(O)c2)nc(N2CCN(Cc3ccccc3O)CC2)n1. The third-order valence-electron chi connectivity index (χ3n) is 4.79. The van der Waals surface area contributed by atoms with Crippen LogP contribution in [0.25, 0.3) is 11.4 Å². The number of rotatable bonds is 4. The number of aromatic hydroxyl groups is 2. The van der Waals surface area contributed by atoms with Gasteiger partial charge in [-0.25, -0.2) is 0 Å². The van der Waals surface area contributed by atoms with E-state index in [0.29, 0.717) is 29.6 Å². The van der Waals surface area contributed by atoms with Crippen LogP contribution >= 0.6 is 0 Å². The average Bonchev–Trinajstić information content (AvgIpc) is 2.70. The number of nitrogens with two attached hydrogens (primary N) is 1. The van der Waals surface area contributed by atoms with E-state index >= 15 is 0 Å². The Bertz CT molecular complexity index is 972. The zero-order chi connectivity index (χ0) is 19.5. The second kappa shape index (κ2) is 7.69. The van der Waals surface area contributed by atoms with Crippen molar-refractivity contribution in [3.8, 4) is 22.9 Å². The van der Waals surface area contributed by atoms with Gasteiger partial charge < -0.3 is 20.8 Å². The molecule has 0 radical (unpaired) electrons. The van der Waals surface area contributed by atoms with Gasteiger partial charge in [-0.3, -0.25) is 4.90 Å². The minimum Gasteiger partial charge on any atom is -0.508 e. The fourth-order valence-electron chi connectivity index (χ4n) is 3.29. The van der Waals surface area contributed by atoms with Crippen molar-refractivity contribution in [2.75, 3.05) is 36.8 Å². The van der Waals surface area contributed by atoms with Crippen LogP contribution in [-0.2, 0) is 6.54 Å². The van der Waals surface area contributed by atoms with Crippen LogP contribution in [0.4, 0.5) is 11.9 Å². The van der Waals surface area contributed by atoms with E-state index in [1.807, 2.05) is 24.3 Å². The first-order chi connectivity index (χ1) is 13.6. The molecule has 0 atom stereocenters. The van der Waals surface area contributed by atoms with E-state index in [9.17, 15) is 10.2 Å². The Morgan fingerprint density at radius 2 is 1.68 bits per heavy atom. The molecule has 3 aromatic rings. The van der Waals surface area contributed by atoms with Gasteiger partial charge in [-0.05, 0) is 18.2 Å². The lowest BCUT2D eigenvalue weighted by Crippen LogP contribution is -2.46. The van der Waals surface area contributed by atoms with Crippen molar-refractivity contribution in [3.05, 3.63) is 54.1 Å². The number of hydrogen-bond acceptors (Lipinski definition) is 8. The van der Waals surface area contributed by atoms with Crippen molar-refractivity contribution >= 4 is 11.9 Å². The molecule has 0 bridgehead atoms. The second-order valence-corrected chi connectivity index (χ2v) is 6.76. The summed E-state index contributed by atoms with van der Waals surface area (Å²) in [5, 5.41) is 19.7. The highest BCUT2D eigenvalue weighted by molar-refractivity contribution is 5.59. The van der Waals surface area contributed by atoms with Crippen molar-refractivity contribution in [3.63, 3.8) is 0 Å². The Balaban J connectivity index is 1.47. The number of para-hydroxylation sites is 1. The Hall–Kier alpha value is -3.39. The van der Waals surface area contributed by atoms with Gasteiger partial charge in [0.15, 0.2) is 5.82 Å². The molecule has 0 saturated carbocycles. The zero-order valence-corrected chi connectivity index (χ0v) is 15.4. The molecule has 1 fully saturated rings. The van der Waals surface area contributed by atoms with Gasteiger partial charge in [-0.2, -0.15) is 15.0 Å². The quantitative estimate of drug-likeness (QED) is 0.631. The normalized spacial score (nSPS) is 14.9. The fourth-order valence-corrected chi connectivity index (χ4v) is 3.29. The molecule has 2 aromatic carbocycles. The maximum Gasteiger partial charge on any atom is 0.230 e. The molecule has 8 nitrogen and oxygen atoms in total. The molecule has 0 aliphatic carbocycles. The van der Waals surface area contributed by atoms with Gasteiger partial charge in [-0.15, -0.1) is 0 Å². The van der Waals surface area contributed by atoms with E-state index in [1.165, 1.54) is 0 Å². The number of nitrogen functional groups attached to an aromatic ring is 1. The summed E-state index contributed by atoms with van der Waals surface area (Å²) < 4.78 is 0. The van der Waals surface area contributed by atoms with Crippen molar-refractivity contribution in [1.82, 2.24) is 19.9 Å². The number of benzene rings is 2. The maximum absolute atomic E-state index is 9.96. The third kappa shape index (κ3) is 3.96. The number of phenolic OH excluding ortho intramolecular Hbond substituents is 2. The first-order valence-electron chi connectivity index (χ1n) is 9.13. The topological polar surface area (TPSA) is 112 Å². The van der Waals surface area contributed by atoms with Crippen molar-refractivity contribution in [1.29, 1.82) is 0 Å². The highest BCUT2D eigenvalue weighted by Crippen LogP contribution is 2.23. The maximum atomic E-state index is 9.96. The molecule has 0 spiro atoms. The van der Waals surface area contributed by atoms with Crippen LogP contribution in [0.1, 0.15) is 5.56 Å². The number of piperazine rings is 1. The lowest BCUT2D eigenvalue weighted by molar-refractivity contribution is 0.245. The summed E-state index contributed by atoms with van der Waals surface area (Å²) in [6.07, 6.45) is 0. The number of anilines is 2. The molecule has 4 rings (SSSR count). The van der Waals surface area contributed by atoms with Gasteiger partial charge in [-0.1, -0.05) is 30.3 Å². The Morgan fingerprint density at radius 1 is 0.893 bits per heavy atom. The van der Waals surface area contributed by atoms with Gasteiger partial charge in [0.1, 0.15) is 11.5 Å². The van der Waals surface area contributed by atoms with E-state index in [4.69, 9.17) is 5.73 Å². The minimum absolute atomic E-state index is 0.149. The fraction of sp³-hybridized carbons (Fsp3) is 0.250. The Kier molecular flexibility index (Phi) is 4.94. The van der Waals surface area contributed by atoms with Crippen LogP contribution < -0.4 is 10.6 Å². The van der Waals surface area contributed by atoms with Crippen LogP contribution in [0.2, 0.25) is 0 Å². The molecule has 4 N–H and O–H groups in total. The number of phenols is 2. The standard InChI is InChI=1S/C20H22N6O2/c21-19-22-18(14-5-3-6-16(27)12-14)23-20(24-19)26-10-8-25(9-11-26)13-15-4-1-2-7-17(15)28/h1-7,12,27-28H,8-11,13H2,(H2,21,22,23,24). The van der Waals surface area contributed by atoms with Crippen molar-refractivity contribution in [2.24, 2.45) is 0 Å². The summed E-state index contributed by atoms with van der Waals surface area (Å²) in [6.45, 7) is 3.84. The predicted molar refractivity (Wildman–Crippen MR) is 107 cm³/mol. The Morgan fingerprint density at radius 3 is 2.43 bits per heavy atom. The van der Waals surface area contributed by atoms with Gasteiger partial charge in [0.25, 0.3) is 0 Å². The first kappa shape index (κ1) is 18.0. The second-order valence-electron chi connectivity index (χ2n) is 6.76. The van der Waals surface area contributed by atoms with Crippen molar-refractivity contribution in [2.45, 2.75) is 6.54 Å². The van der Waals surface area contributed by atoms with Crippen LogP contribution in [0, 0.1) is 0 Å². The monoisotopic (exact) mass is 378 g/mol. The molecular formula is C20H22N6O2. The lowest BCUT2D eigenvalue weighted by atomic mass is 10.1. The highest BCUT2D eigenvalue weighted by Gasteiger charge is 2.21. The third-order valence-corrected chi connectivity index (χ3v) is 4.79. The molecule has 0 unspecified atom stereocenters. The zero-order valence-electron chi connectivity index (χ0n) is 15.4. The summed E-state index contributed by atoms with van der Waals surface area (Å²) in [7, 11) is 0. The molecule has 0 amide bonds. The predicted octanol–water partition coefficient (Wildman–Crippen LogP) is 1.85. The van der Waals surface area contributed by atoms with Gasteiger partial charge >= 0.3 is 0 Å². The first-order valence-corrected chi connectivity index (χ1v) is 9.13. The summed E-state index contributed by atoms with van der Waals surface area (Å²) in [5.74, 6) is 1.60. The molecule has 1 aromatic heterocycles. The Labute approximate surface area is 162 Å². The molecule has 2 heterocycles. The average molecular weight is 378 g/mol. The summed E-state index contributed by atoms with van der Waals surface area (Å²) >= 11 is 0. The number of nitrogens with zero attached hydrogens (tertiary/aromatic N) is 5. The van der Waals surface area contributed by atoms with E-state index in [1.54, 1.807) is 24.3 Å². The largest absolute Gasteiger partial charge is 0.508 e. The van der Waals surface area contributed by atoms with Gasteiger partial charge in [0.05, 0.1) is 0 Å². The molecule has 8 heteroatoms. The molecular weight excluding hydrogens is 356 g/mol. The summed E-state index contributed by atoms with van der Waals surface area (Å²) in [6, 6.07) is 14.2. The lowest BCUT2D eigenvalue weighted by Gasteiger charge is -2.34. The highest BCUT2D eigenvalue weighted by atomic mass is 16.3. The van der Waals surface area contributed by atoms with Crippen LogP contribution in [0.15, 0.2) is 48.5 Å². The van der Waals surface area contributed by atoms with E-state index in [2.05, 4.69) is 24.8 Å². The minimum atomic E-state index is 0.149. The molecule has 1 aliphatic heterocycles. The van der Waals surface area contributed by atoms with Crippen LogP contribution in [0.5, 0.6) is 11.5 Å². The van der Waals surface area contributed by atoms with Crippen molar-refractivity contribution < 1.29 is 10.2 Å². The van der Waals surface area contributed by atoms with E-state index < -0.39 is 0 Å². The molecule has 1 saturated heterocycles. The van der Waals surface area contributed by atoms with Crippen LogP contribution in [0.3, 0.4) is 0 Å². The van der Waals surface area contributed by atoms with E-state index in [-0.39, 0.29) is 11.7 Å². The number of aromatic nitrogens is 3. The van der Waals surface area contributed by atoms with Gasteiger partial charge in [0.2, 0.25) is 11.9 Å². The molecule has 1 aliphatic rings. The van der Waals surface area contributed by atoms with Crippen LogP contribution in [-0.4, -0.2) is 56.2 Å². The summed E-state index contributed by atoms with van der Waals surface area (Å²) in [4.78, 5) is 17.4. The smallest absolute Gasteiger partial charge is 0.230 e. The van der Waals surface area contributed by atoms with Gasteiger partial charge in [0, 0.05) is 43.9 Å². The summed E-state index contributed by atoms with van der Waals surface area (Å²) in [5.41, 5.74) is 7.51. The molecule has 144 valence electrons. The van der Waals surface area contributed by atoms with E-state index in [0.717, 1.165) is 31.7 Å². The number of hydrogen-bond donors (Lipinski definition) is 3. The molecule has 28 heavy (non-hydrogen) atoms.